The summed E-state index contributed by atoms with van der Waals surface area (Å²) in [7, 11) is 0. The average molecular weight is 333 g/mol. The normalized spacial score (nSPS) is 17.8. The molecule has 118 valence electrons. The van der Waals surface area contributed by atoms with Gasteiger partial charge in [0.1, 0.15) is 5.82 Å². The number of halogens is 2. The highest BCUT2D eigenvalue weighted by Gasteiger charge is 2.38. The summed E-state index contributed by atoms with van der Waals surface area (Å²) >= 11 is 5.77. The summed E-state index contributed by atoms with van der Waals surface area (Å²) in [5.74, 6) is -1.15. The molecule has 23 heavy (non-hydrogen) atoms. The number of pyridine rings is 1. The van der Waals surface area contributed by atoms with Crippen molar-refractivity contribution in [3.8, 4) is 0 Å². The molecule has 3 rings (SSSR count). The lowest BCUT2D eigenvalue weighted by atomic mass is 9.98. The number of likely N-dealkylation sites (tertiary alicyclic amines) is 1. The van der Waals surface area contributed by atoms with Crippen molar-refractivity contribution in [2.24, 2.45) is 5.92 Å². The molecule has 2 aromatic rings. The van der Waals surface area contributed by atoms with E-state index in [1.165, 1.54) is 23.2 Å². The van der Waals surface area contributed by atoms with Gasteiger partial charge >= 0.3 is 0 Å². The van der Waals surface area contributed by atoms with E-state index in [0.717, 1.165) is 5.56 Å². The lowest BCUT2D eigenvalue weighted by molar-refractivity contribution is -0.140. The van der Waals surface area contributed by atoms with Crippen LogP contribution >= 0.6 is 11.6 Å². The zero-order valence-corrected chi connectivity index (χ0v) is 13.0. The van der Waals surface area contributed by atoms with Gasteiger partial charge in [-0.05, 0) is 36.2 Å². The van der Waals surface area contributed by atoms with Crippen molar-refractivity contribution in [2.75, 3.05) is 0 Å². The molecule has 0 spiro atoms. The minimum Gasteiger partial charge on any atom is -0.276 e. The quantitative estimate of drug-likeness (QED) is 0.809. The second kappa shape index (κ2) is 6.46. The summed E-state index contributed by atoms with van der Waals surface area (Å²) in [5, 5.41) is 0.502. The van der Waals surface area contributed by atoms with Crippen LogP contribution in [0.3, 0.4) is 0 Å². The fraction of sp³-hybridized carbons (Fsp3) is 0.235. The zero-order valence-electron chi connectivity index (χ0n) is 12.2. The molecule has 1 aliphatic rings. The molecule has 1 fully saturated rings. The maximum absolute atomic E-state index is 12.9. The fourth-order valence-electron chi connectivity index (χ4n) is 2.64. The van der Waals surface area contributed by atoms with E-state index in [4.69, 9.17) is 11.6 Å². The number of amides is 2. The van der Waals surface area contributed by atoms with Crippen LogP contribution in [0.15, 0.2) is 42.6 Å². The average Bonchev–Trinajstić information content (AvgIpc) is 2.79. The van der Waals surface area contributed by atoms with Crippen LogP contribution in [-0.4, -0.2) is 21.7 Å². The van der Waals surface area contributed by atoms with E-state index >= 15 is 0 Å². The molecule has 1 aromatic carbocycles. The van der Waals surface area contributed by atoms with Gasteiger partial charge in [-0.3, -0.25) is 19.5 Å². The molecule has 0 unspecified atom stereocenters. The third-order valence-electron chi connectivity index (χ3n) is 3.84. The number of rotatable bonds is 4. The summed E-state index contributed by atoms with van der Waals surface area (Å²) in [6.45, 7) is 0.148. The van der Waals surface area contributed by atoms with Crippen LogP contribution in [-0.2, 0) is 22.6 Å². The number of carbonyl (C=O) groups excluding carboxylic acids is 2. The summed E-state index contributed by atoms with van der Waals surface area (Å²) in [4.78, 5) is 29.9. The molecule has 0 N–H and O–H groups in total. The molecule has 2 heterocycles. The number of hydrogen-bond acceptors (Lipinski definition) is 3. The monoisotopic (exact) mass is 332 g/mol. The van der Waals surface area contributed by atoms with Gasteiger partial charge in [0.05, 0.1) is 23.2 Å². The number of hydrogen-bond donors (Lipinski definition) is 0. The Morgan fingerprint density at radius 3 is 2.57 bits per heavy atom. The minimum absolute atomic E-state index is 0.148. The highest BCUT2D eigenvalue weighted by atomic mass is 35.5. The molecule has 0 saturated carbocycles. The van der Waals surface area contributed by atoms with Crippen LogP contribution < -0.4 is 0 Å². The predicted molar refractivity (Wildman–Crippen MR) is 83.0 cm³/mol. The van der Waals surface area contributed by atoms with E-state index in [-0.39, 0.29) is 30.6 Å². The van der Waals surface area contributed by atoms with Gasteiger partial charge in [-0.25, -0.2) is 4.39 Å². The van der Waals surface area contributed by atoms with Crippen LogP contribution in [0.5, 0.6) is 0 Å². The van der Waals surface area contributed by atoms with E-state index in [1.807, 2.05) is 0 Å². The molecule has 2 amide bonds. The van der Waals surface area contributed by atoms with Gasteiger partial charge in [-0.15, -0.1) is 0 Å². The van der Waals surface area contributed by atoms with Crippen LogP contribution in [0.2, 0.25) is 5.02 Å². The Balaban J connectivity index is 1.69. The Morgan fingerprint density at radius 2 is 1.91 bits per heavy atom. The van der Waals surface area contributed by atoms with Crippen molar-refractivity contribution in [1.29, 1.82) is 0 Å². The first-order valence-electron chi connectivity index (χ1n) is 7.22. The second-order valence-electron chi connectivity index (χ2n) is 5.52. The Bertz CT molecular complexity index is 731. The van der Waals surface area contributed by atoms with Crippen LogP contribution in [0.25, 0.3) is 0 Å². The molecule has 0 aliphatic carbocycles. The van der Waals surface area contributed by atoms with Gasteiger partial charge in [0.15, 0.2) is 0 Å². The van der Waals surface area contributed by atoms with Gasteiger partial charge in [0, 0.05) is 12.6 Å². The van der Waals surface area contributed by atoms with Crippen molar-refractivity contribution >= 4 is 23.4 Å². The zero-order chi connectivity index (χ0) is 16.4. The molecule has 1 aliphatic heterocycles. The van der Waals surface area contributed by atoms with E-state index in [9.17, 15) is 14.0 Å². The first kappa shape index (κ1) is 15.6. The standard InChI is InChI=1S/C17H14ClFN2O2/c18-13-3-6-15(20-9-13)10-21-16(22)8-12(17(21)23)7-11-1-4-14(19)5-2-11/h1-6,9,12H,7-8,10H2/t12-/m0/s1. The van der Waals surface area contributed by atoms with Crippen LogP contribution in [0, 0.1) is 11.7 Å². The van der Waals surface area contributed by atoms with E-state index < -0.39 is 5.92 Å². The highest BCUT2D eigenvalue weighted by molar-refractivity contribution is 6.30. The SMILES string of the molecule is O=C1C[C@H](Cc2ccc(F)cc2)C(=O)N1Cc1ccc(Cl)cn1. The molecular weight excluding hydrogens is 319 g/mol. The Kier molecular flexibility index (Phi) is 4.39. The Morgan fingerprint density at radius 1 is 1.17 bits per heavy atom. The number of nitrogens with zero attached hydrogens (tertiary/aromatic N) is 2. The summed E-state index contributed by atoms with van der Waals surface area (Å²) in [6, 6.07) is 9.34. The van der Waals surface area contributed by atoms with Gasteiger partial charge in [0.2, 0.25) is 11.8 Å². The molecule has 1 atom stereocenters. The topological polar surface area (TPSA) is 50.3 Å². The van der Waals surface area contributed by atoms with Crippen molar-refractivity contribution in [2.45, 2.75) is 19.4 Å². The molecule has 1 aromatic heterocycles. The molecule has 0 bridgehead atoms. The Labute approximate surface area is 137 Å². The first-order chi connectivity index (χ1) is 11.0. The number of aromatic nitrogens is 1. The molecule has 1 saturated heterocycles. The maximum atomic E-state index is 12.9. The number of carbonyl (C=O) groups is 2. The van der Waals surface area contributed by atoms with Crippen molar-refractivity contribution in [3.63, 3.8) is 0 Å². The molecule has 6 heteroatoms. The third-order valence-corrected chi connectivity index (χ3v) is 4.07. The van der Waals surface area contributed by atoms with Gasteiger partial charge in [0.25, 0.3) is 0 Å². The van der Waals surface area contributed by atoms with Gasteiger partial charge in [-0.2, -0.15) is 0 Å². The lowest BCUT2D eigenvalue weighted by Crippen LogP contribution is -2.30. The third kappa shape index (κ3) is 3.56. The minimum atomic E-state index is -0.403. The lowest BCUT2D eigenvalue weighted by Gasteiger charge is -2.14. The highest BCUT2D eigenvalue weighted by Crippen LogP contribution is 2.25. The summed E-state index contributed by atoms with van der Waals surface area (Å²) in [6.07, 6.45) is 2.08. The fourth-order valence-corrected chi connectivity index (χ4v) is 2.76. The maximum Gasteiger partial charge on any atom is 0.233 e. The first-order valence-corrected chi connectivity index (χ1v) is 7.60. The second-order valence-corrected chi connectivity index (χ2v) is 5.95. The van der Waals surface area contributed by atoms with E-state index in [0.29, 0.717) is 17.1 Å². The molecule has 4 nitrogen and oxygen atoms in total. The summed E-state index contributed by atoms with van der Waals surface area (Å²) < 4.78 is 12.9. The molecular formula is C17H14ClFN2O2. The van der Waals surface area contributed by atoms with Gasteiger partial charge in [-0.1, -0.05) is 23.7 Å². The van der Waals surface area contributed by atoms with Crippen molar-refractivity contribution in [3.05, 3.63) is 64.7 Å². The largest absolute Gasteiger partial charge is 0.276 e. The molecule has 0 radical (unpaired) electrons. The van der Waals surface area contributed by atoms with Gasteiger partial charge < -0.3 is 0 Å². The number of benzene rings is 1. The Hall–Kier alpha value is -2.27. The van der Waals surface area contributed by atoms with Crippen molar-refractivity contribution < 1.29 is 14.0 Å². The smallest absolute Gasteiger partial charge is 0.233 e. The van der Waals surface area contributed by atoms with E-state index in [2.05, 4.69) is 4.98 Å². The predicted octanol–water partition coefficient (Wildman–Crippen LogP) is 2.99. The van der Waals surface area contributed by atoms with E-state index in [1.54, 1.807) is 24.3 Å². The van der Waals surface area contributed by atoms with Crippen LogP contribution in [0.1, 0.15) is 17.7 Å². The van der Waals surface area contributed by atoms with Crippen LogP contribution in [0.4, 0.5) is 4.39 Å². The van der Waals surface area contributed by atoms with Crippen molar-refractivity contribution in [1.82, 2.24) is 9.88 Å². The number of imide groups is 1. The summed E-state index contributed by atoms with van der Waals surface area (Å²) in [5.41, 5.74) is 1.45.